The van der Waals surface area contributed by atoms with E-state index in [2.05, 4.69) is 22.4 Å². The molecule has 0 saturated carbocycles. The van der Waals surface area contributed by atoms with Crippen molar-refractivity contribution in [2.24, 2.45) is 0 Å². The van der Waals surface area contributed by atoms with Crippen LogP contribution in [-0.4, -0.2) is 23.3 Å². The van der Waals surface area contributed by atoms with E-state index in [1.165, 1.54) is 6.42 Å². The van der Waals surface area contributed by atoms with Gasteiger partial charge < -0.3 is 10.1 Å². The fourth-order valence-corrected chi connectivity index (χ4v) is 2.72. The van der Waals surface area contributed by atoms with Gasteiger partial charge in [0.1, 0.15) is 17.4 Å². The number of benzene rings is 1. The Labute approximate surface area is 134 Å². The van der Waals surface area contributed by atoms with E-state index in [0.29, 0.717) is 11.6 Å². The van der Waals surface area contributed by atoms with Gasteiger partial charge in [0.05, 0.1) is 0 Å². The molecule has 0 saturated heterocycles. The highest BCUT2D eigenvalue weighted by molar-refractivity contribution is 7.11. The van der Waals surface area contributed by atoms with Crippen molar-refractivity contribution in [1.82, 2.24) is 15.5 Å². The largest absolute Gasteiger partial charge is 0.486 e. The predicted molar refractivity (Wildman–Crippen MR) is 87.2 cm³/mol. The Morgan fingerprint density at radius 1 is 1.14 bits per heavy atom. The first-order valence-corrected chi connectivity index (χ1v) is 8.37. The van der Waals surface area contributed by atoms with Crippen molar-refractivity contribution in [3.05, 3.63) is 39.3 Å². The van der Waals surface area contributed by atoms with Gasteiger partial charge in [0.15, 0.2) is 5.01 Å². The zero-order valence-corrected chi connectivity index (χ0v) is 13.7. The van der Waals surface area contributed by atoms with Crippen LogP contribution in [0.3, 0.4) is 0 Å². The summed E-state index contributed by atoms with van der Waals surface area (Å²) in [4.78, 5) is 0. The SMILES string of the molecule is CCCNCCCc1nnc(COc2ccc(Cl)cc2)s1. The lowest BCUT2D eigenvalue weighted by atomic mass is 10.3. The topological polar surface area (TPSA) is 47.0 Å². The molecule has 0 atom stereocenters. The van der Waals surface area contributed by atoms with E-state index in [1.54, 1.807) is 11.3 Å². The maximum absolute atomic E-state index is 5.83. The zero-order valence-electron chi connectivity index (χ0n) is 12.1. The van der Waals surface area contributed by atoms with Gasteiger partial charge >= 0.3 is 0 Å². The van der Waals surface area contributed by atoms with Crippen molar-refractivity contribution in [3.63, 3.8) is 0 Å². The van der Waals surface area contributed by atoms with E-state index in [-0.39, 0.29) is 0 Å². The Morgan fingerprint density at radius 3 is 2.67 bits per heavy atom. The molecule has 0 unspecified atom stereocenters. The fraction of sp³-hybridized carbons (Fsp3) is 0.467. The minimum atomic E-state index is 0.452. The monoisotopic (exact) mass is 325 g/mol. The summed E-state index contributed by atoms with van der Waals surface area (Å²) in [5.41, 5.74) is 0. The lowest BCUT2D eigenvalue weighted by Crippen LogP contribution is -2.16. The second kappa shape index (κ2) is 8.97. The second-order valence-electron chi connectivity index (χ2n) is 4.69. The summed E-state index contributed by atoms with van der Waals surface area (Å²) < 4.78 is 5.65. The molecule has 0 amide bonds. The number of aryl methyl sites for hydroxylation is 1. The Morgan fingerprint density at radius 2 is 1.90 bits per heavy atom. The van der Waals surface area contributed by atoms with Gasteiger partial charge in [0, 0.05) is 11.4 Å². The predicted octanol–water partition coefficient (Wildman–Crippen LogP) is 3.70. The highest BCUT2D eigenvalue weighted by atomic mass is 35.5. The first-order chi connectivity index (χ1) is 10.3. The third kappa shape index (κ3) is 5.99. The molecular formula is C15H20ClN3OS. The number of halogens is 1. The quantitative estimate of drug-likeness (QED) is 0.714. The molecule has 0 fully saturated rings. The van der Waals surface area contributed by atoms with Crippen LogP contribution in [0.15, 0.2) is 24.3 Å². The average molecular weight is 326 g/mol. The highest BCUT2D eigenvalue weighted by Crippen LogP contribution is 2.18. The molecule has 6 heteroatoms. The van der Waals surface area contributed by atoms with Crippen molar-refractivity contribution in [1.29, 1.82) is 0 Å². The second-order valence-corrected chi connectivity index (χ2v) is 6.27. The van der Waals surface area contributed by atoms with Crippen LogP contribution in [0.5, 0.6) is 5.75 Å². The number of hydrogen-bond acceptors (Lipinski definition) is 5. The number of rotatable bonds is 9. The molecule has 1 aromatic carbocycles. The van der Waals surface area contributed by atoms with E-state index >= 15 is 0 Å². The van der Waals surface area contributed by atoms with Crippen LogP contribution in [0.4, 0.5) is 0 Å². The number of hydrogen-bond donors (Lipinski definition) is 1. The normalized spacial score (nSPS) is 10.8. The van der Waals surface area contributed by atoms with Crippen LogP contribution in [0.25, 0.3) is 0 Å². The number of nitrogens with zero attached hydrogens (tertiary/aromatic N) is 2. The average Bonchev–Trinajstić information content (AvgIpc) is 2.94. The molecule has 4 nitrogen and oxygen atoms in total. The fourth-order valence-electron chi connectivity index (χ4n) is 1.79. The van der Waals surface area contributed by atoms with Gasteiger partial charge in [0.2, 0.25) is 0 Å². The van der Waals surface area contributed by atoms with E-state index in [0.717, 1.165) is 41.7 Å². The van der Waals surface area contributed by atoms with Gasteiger partial charge in [-0.15, -0.1) is 10.2 Å². The van der Waals surface area contributed by atoms with Crippen LogP contribution in [0.1, 0.15) is 29.8 Å². The van der Waals surface area contributed by atoms with Crippen LogP contribution in [0, 0.1) is 0 Å². The molecule has 1 aromatic heterocycles. The van der Waals surface area contributed by atoms with Gasteiger partial charge in [0.25, 0.3) is 0 Å². The molecule has 2 aromatic rings. The maximum Gasteiger partial charge on any atom is 0.155 e. The van der Waals surface area contributed by atoms with Gasteiger partial charge in [-0.2, -0.15) is 0 Å². The Balaban J connectivity index is 1.71. The van der Waals surface area contributed by atoms with Crippen LogP contribution in [-0.2, 0) is 13.0 Å². The van der Waals surface area contributed by atoms with E-state index in [4.69, 9.17) is 16.3 Å². The third-order valence-corrected chi connectivity index (χ3v) is 4.06. The molecular weight excluding hydrogens is 306 g/mol. The van der Waals surface area contributed by atoms with Gasteiger partial charge in [-0.3, -0.25) is 0 Å². The Bertz CT molecular complexity index is 530. The standard InChI is InChI=1S/C15H20ClN3OS/c1-2-9-17-10-3-4-14-18-19-15(21-14)11-20-13-7-5-12(16)6-8-13/h5-8,17H,2-4,9-11H2,1H3. The van der Waals surface area contributed by atoms with Crippen molar-refractivity contribution in [2.75, 3.05) is 13.1 Å². The molecule has 114 valence electrons. The Hall–Kier alpha value is -1.17. The lowest BCUT2D eigenvalue weighted by molar-refractivity contribution is 0.304. The molecule has 0 aliphatic carbocycles. The summed E-state index contributed by atoms with van der Waals surface area (Å²) in [5.74, 6) is 0.792. The Kier molecular flexibility index (Phi) is 6.92. The summed E-state index contributed by atoms with van der Waals surface area (Å²) in [6.45, 7) is 4.73. The summed E-state index contributed by atoms with van der Waals surface area (Å²) in [5, 5.41) is 14.4. The van der Waals surface area contributed by atoms with Crippen molar-refractivity contribution in [3.8, 4) is 5.75 Å². The van der Waals surface area contributed by atoms with Crippen molar-refractivity contribution >= 4 is 22.9 Å². The van der Waals surface area contributed by atoms with E-state index < -0.39 is 0 Å². The molecule has 21 heavy (non-hydrogen) atoms. The van der Waals surface area contributed by atoms with Gasteiger partial charge in [-0.05, 0) is 50.2 Å². The van der Waals surface area contributed by atoms with Crippen LogP contribution in [0.2, 0.25) is 5.02 Å². The maximum atomic E-state index is 5.83. The molecule has 0 aliphatic heterocycles. The third-order valence-electron chi connectivity index (χ3n) is 2.86. The molecule has 0 aliphatic rings. The number of aromatic nitrogens is 2. The van der Waals surface area contributed by atoms with Crippen LogP contribution < -0.4 is 10.1 Å². The molecule has 2 rings (SSSR count). The minimum Gasteiger partial charge on any atom is -0.486 e. The molecule has 0 bridgehead atoms. The summed E-state index contributed by atoms with van der Waals surface area (Å²) in [6, 6.07) is 7.32. The van der Waals surface area contributed by atoms with Crippen LogP contribution >= 0.6 is 22.9 Å². The minimum absolute atomic E-state index is 0.452. The highest BCUT2D eigenvalue weighted by Gasteiger charge is 2.05. The first kappa shape index (κ1) is 16.2. The first-order valence-electron chi connectivity index (χ1n) is 7.18. The lowest BCUT2D eigenvalue weighted by Gasteiger charge is -2.02. The smallest absolute Gasteiger partial charge is 0.155 e. The van der Waals surface area contributed by atoms with E-state index in [1.807, 2.05) is 24.3 Å². The zero-order chi connectivity index (χ0) is 14.9. The van der Waals surface area contributed by atoms with Gasteiger partial charge in [-0.25, -0.2) is 0 Å². The number of nitrogens with one attached hydrogen (secondary N) is 1. The summed E-state index contributed by atoms with van der Waals surface area (Å²) >= 11 is 7.45. The molecule has 1 N–H and O–H groups in total. The number of ether oxygens (including phenoxy) is 1. The molecule has 0 spiro atoms. The van der Waals surface area contributed by atoms with Crippen molar-refractivity contribution in [2.45, 2.75) is 32.8 Å². The van der Waals surface area contributed by atoms with Crippen molar-refractivity contribution < 1.29 is 4.74 Å². The van der Waals surface area contributed by atoms with E-state index in [9.17, 15) is 0 Å². The van der Waals surface area contributed by atoms with Gasteiger partial charge in [-0.1, -0.05) is 29.9 Å². The molecule has 1 heterocycles. The molecule has 0 radical (unpaired) electrons. The summed E-state index contributed by atoms with van der Waals surface area (Å²) in [7, 11) is 0. The summed E-state index contributed by atoms with van der Waals surface area (Å²) in [6.07, 6.45) is 3.23.